The number of amides is 1. The van der Waals surface area contributed by atoms with Gasteiger partial charge in [0.05, 0.1) is 0 Å². The van der Waals surface area contributed by atoms with Gasteiger partial charge in [-0.1, -0.05) is 34.6 Å². The van der Waals surface area contributed by atoms with Crippen LogP contribution in [0.2, 0.25) is 0 Å². The first-order valence-electron chi connectivity index (χ1n) is 3.99. The van der Waals surface area contributed by atoms with E-state index in [0.717, 1.165) is 5.92 Å². The average Bonchev–Trinajstić information content (AvgIpc) is 1.57. The zero-order valence-corrected chi connectivity index (χ0v) is 8.35. The monoisotopic (exact) mass is 159 g/mol. The van der Waals surface area contributed by atoms with E-state index in [1.807, 2.05) is 0 Å². The lowest BCUT2D eigenvalue weighted by Gasteiger charge is -2.19. The molecule has 0 aromatic carbocycles. The molecule has 11 heavy (non-hydrogen) atoms. The number of nitrogens with two attached hydrogens (primary N) is 1. The maximum Gasteiger partial charge on any atom is 0.204 e. The minimum Gasteiger partial charge on any atom is -0.372 e. The maximum atomic E-state index is 8.58. The van der Waals surface area contributed by atoms with Crippen LogP contribution in [0.4, 0.5) is 0 Å². The molecule has 0 aliphatic carbocycles. The summed E-state index contributed by atoms with van der Waals surface area (Å²) in [6.07, 6.45) is 1.58. The second-order valence-corrected chi connectivity index (χ2v) is 4.29. The predicted octanol–water partition coefficient (Wildman–Crippen LogP) is 2.18. The highest BCUT2D eigenvalue weighted by Gasteiger charge is 2.11. The van der Waals surface area contributed by atoms with Crippen molar-refractivity contribution in [2.24, 2.45) is 17.1 Å². The topological polar surface area (TPSA) is 43.1 Å². The molecule has 0 unspecified atom stereocenters. The van der Waals surface area contributed by atoms with E-state index in [4.69, 9.17) is 4.79 Å². The Morgan fingerprint density at radius 3 is 1.64 bits per heavy atom. The van der Waals surface area contributed by atoms with Crippen LogP contribution in [0.3, 0.4) is 0 Å². The molecule has 0 atom stereocenters. The quantitative estimate of drug-likeness (QED) is 0.585. The first-order valence-corrected chi connectivity index (χ1v) is 3.99. The van der Waals surface area contributed by atoms with Gasteiger partial charge >= 0.3 is 0 Å². The van der Waals surface area contributed by atoms with Crippen LogP contribution in [0.1, 0.15) is 41.0 Å². The van der Waals surface area contributed by atoms with Crippen molar-refractivity contribution in [3.8, 4) is 0 Å². The Hall–Kier alpha value is -0.530. The largest absolute Gasteiger partial charge is 0.372 e. The Bertz CT molecular complexity index is 92.2. The molecule has 2 N–H and O–H groups in total. The van der Waals surface area contributed by atoms with Crippen LogP contribution in [0.5, 0.6) is 0 Å². The number of primary amides is 1. The van der Waals surface area contributed by atoms with E-state index in [9.17, 15) is 0 Å². The lowest BCUT2D eigenvalue weighted by Crippen LogP contribution is -2.08. The third-order valence-electron chi connectivity index (χ3n) is 1.02. The van der Waals surface area contributed by atoms with E-state index in [2.05, 4.69) is 40.4 Å². The summed E-state index contributed by atoms with van der Waals surface area (Å²) < 4.78 is 0. The van der Waals surface area contributed by atoms with Gasteiger partial charge in [0.1, 0.15) is 0 Å². The molecule has 0 saturated heterocycles. The van der Waals surface area contributed by atoms with Gasteiger partial charge < -0.3 is 5.73 Å². The van der Waals surface area contributed by atoms with Crippen molar-refractivity contribution in [1.29, 1.82) is 0 Å². The van der Waals surface area contributed by atoms with Gasteiger partial charge in [0.15, 0.2) is 0 Å². The first kappa shape index (κ1) is 13.1. The summed E-state index contributed by atoms with van der Waals surface area (Å²) in [6, 6.07) is 0. The molecule has 0 heterocycles. The zero-order valence-electron chi connectivity index (χ0n) is 8.35. The molecule has 0 saturated carbocycles. The molecule has 0 rings (SSSR count). The Balaban J connectivity index is 0. The average molecular weight is 159 g/mol. The molecule has 0 spiro atoms. The van der Waals surface area contributed by atoms with Gasteiger partial charge in [0.2, 0.25) is 6.41 Å². The highest BCUT2D eigenvalue weighted by Crippen LogP contribution is 2.23. The minimum atomic E-state index is 0.250. The lowest BCUT2D eigenvalue weighted by atomic mass is 9.86. The second kappa shape index (κ2) is 6.20. The Labute approximate surface area is 70.2 Å². The van der Waals surface area contributed by atoms with Crippen LogP contribution < -0.4 is 5.73 Å². The summed E-state index contributed by atoms with van der Waals surface area (Å²) in [7, 11) is 0. The highest BCUT2D eigenvalue weighted by molar-refractivity contribution is 5.42. The number of hydrogen-bond donors (Lipinski definition) is 1. The molecule has 2 heteroatoms. The van der Waals surface area contributed by atoms with Gasteiger partial charge in [0.25, 0.3) is 0 Å². The van der Waals surface area contributed by atoms with Gasteiger partial charge in [-0.05, 0) is 17.8 Å². The number of carbonyl (C=O) groups is 1. The van der Waals surface area contributed by atoms with E-state index in [-0.39, 0.29) is 6.41 Å². The summed E-state index contributed by atoms with van der Waals surface area (Å²) in [5.74, 6) is 0.843. The molecule has 0 aromatic rings. The van der Waals surface area contributed by atoms with Gasteiger partial charge in [-0.3, -0.25) is 4.79 Å². The molecule has 0 radical (unpaired) electrons. The summed E-state index contributed by atoms with van der Waals surface area (Å²) in [5.41, 5.74) is 4.69. The van der Waals surface area contributed by atoms with E-state index < -0.39 is 0 Å². The van der Waals surface area contributed by atoms with Crippen molar-refractivity contribution < 1.29 is 4.79 Å². The number of carbonyl (C=O) groups excluding carboxylic acids is 1. The minimum absolute atomic E-state index is 0.250. The number of hydrogen-bond acceptors (Lipinski definition) is 1. The van der Waals surface area contributed by atoms with E-state index in [0.29, 0.717) is 5.41 Å². The van der Waals surface area contributed by atoms with Crippen LogP contribution in [-0.4, -0.2) is 6.41 Å². The third kappa shape index (κ3) is 26.4. The number of rotatable bonds is 1. The molecular formula is C9H21NO. The smallest absolute Gasteiger partial charge is 0.204 e. The fraction of sp³-hybridized carbons (Fsp3) is 0.889. The molecule has 0 aliphatic heterocycles. The second-order valence-electron chi connectivity index (χ2n) is 4.29. The standard InChI is InChI=1S/C8H18.CH3NO/c1-7(2)6-8(3,4)5;2-1-3/h7H,6H2,1-5H3;1H,(H2,2,3). The highest BCUT2D eigenvalue weighted by atomic mass is 16.1. The van der Waals surface area contributed by atoms with E-state index in [1.54, 1.807) is 0 Å². The summed E-state index contributed by atoms with van der Waals surface area (Å²) >= 11 is 0. The predicted molar refractivity (Wildman–Crippen MR) is 49.2 cm³/mol. The van der Waals surface area contributed by atoms with Crippen molar-refractivity contribution in [3.05, 3.63) is 0 Å². The summed E-state index contributed by atoms with van der Waals surface area (Å²) in [4.78, 5) is 8.58. The van der Waals surface area contributed by atoms with Gasteiger partial charge in [-0.15, -0.1) is 0 Å². The molecule has 2 nitrogen and oxygen atoms in total. The van der Waals surface area contributed by atoms with Crippen molar-refractivity contribution in [1.82, 2.24) is 0 Å². The van der Waals surface area contributed by atoms with E-state index >= 15 is 0 Å². The first-order chi connectivity index (χ1) is 4.83. The molecule has 1 amide bonds. The fourth-order valence-electron chi connectivity index (χ4n) is 1.22. The maximum absolute atomic E-state index is 8.58. The van der Waals surface area contributed by atoms with Crippen molar-refractivity contribution in [2.75, 3.05) is 0 Å². The van der Waals surface area contributed by atoms with Crippen molar-refractivity contribution in [3.63, 3.8) is 0 Å². The lowest BCUT2D eigenvalue weighted by molar-refractivity contribution is -0.106. The van der Waals surface area contributed by atoms with E-state index in [1.165, 1.54) is 6.42 Å². The van der Waals surface area contributed by atoms with Crippen LogP contribution in [0.15, 0.2) is 0 Å². The van der Waals surface area contributed by atoms with Gasteiger partial charge in [-0.25, -0.2) is 0 Å². The fourth-order valence-corrected chi connectivity index (χ4v) is 1.22. The van der Waals surface area contributed by atoms with Crippen LogP contribution in [0.25, 0.3) is 0 Å². The molecular weight excluding hydrogens is 138 g/mol. The molecule has 0 bridgehead atoms. The van der Waals surface area contributed by atoms with Gasteiger partial charge in [0, 0.05) is 0 Å². The Morgan fingerprint density at radius 2 is 1.64 bits per heavy atom. The third-order valence-corrected chi connectivity index (χ3v) is 1.02. The van der Waals surface area contributed by atoms with Crippen LogP contribution in [0, 0.1) is 11.3 Å². The SMILES string of the molecule is CC(C)CC(C)(C)C.NC=O. The molecule has 0 aliphatic rings. The Kier molecular flexibility index (Phi) is 7.37. The van der Waals surface area contributed by atoms with Gasteiger partial charge in [-0.2, -0.15) is 0 Å². The summed E-state index contributed by atoms with van der Waals surface area (Å²) in [6.45, 7) is 11.4. The van der Waals surface area contributed by atoms with Crippen LogP contribution >= 0.6 is 0 Å². The molecule has 68 valence electrons. The zero-order chi connectivity index (χ0) is 9.49. The van der Waals surface area contributed by atoms with Crippen molar-refractivity contribution >= 4 is 6.41 Å². The van der Waals surface area contributed by atoms with Crippen molar-refractivity contribution in [2.45, 2.75) is 41.0 Å². The molecule has 0 aromatic heterocycles. The van der Waals surface area contributed by atoms with Crippen LogP contribution in [-0.2, 0) is 4.79 Å². The normalized spacial score (nSPS) is 10.4. The summed E-state index contributed by atoms with van der Waals surface area (Å²) in [5, 5.41) is 0. The Morgan fingerprint density at radius 1 is 1.36 bits per heavy atom. The molecule has 0 fully saturated rings.